The second kappa shape index (κ2) is 5.74. The summed E-state index contributed by atoms with van der Waals surface area (Å²) >= 11 is 0. The fourth-order valence-corrected chi connectivity index (χ4v) is 2.37. The number of oxazole rings is 1. The number of nitrogens with two attached hydrogens (primary N) is 1. The van der Waals surface area contributed by atoms with Gasteiger partial charge >= 0.3 is 0 Å². The minimum absolute atomic E-state index is 0.0434. The molecule has 19 heavy (non-hydrogen) atoms. The highest BCUT2D eigenvalue weighted by molar-refractivity contribution is 5.92. The first-order valence-corrected chi connectivity index (χ1v) is 7.02. The van der Waals surface area contributed by atoms with Crippen LogP contribution in [0, 0.1) is 5.92 Å². The Morgan fingerprint density at radius 3 is 2.89 bits per heavy atom. The number of carbonyl (C=O) groups is 1. The number of carbonyl (C=O) groups excluding carboxylic acids is 1. The Bertz CT molecular complexity index is 442. The first kappa shape index (κ1) is 14.1. The smallest absolute Gasteiger partial charge is 0.276 e. The molecule has 1 fully saturated rings. The summed E-state index contributed by atoms with van der Waals surface area (Å²) in [5.74, 6) is 0.636. The molecule has 1 aromatic rings. The summed E-state index contributed by atoms with van der Waals surface area (Å²) in [4.78, 5) is 18.5. The maximum atomic E-state index is 12.4. The van der Waals surface area contributed by atoms with E-state index in [4.69, 9.17) is 10.2 Å². The summed E-state index contributed by atoms with van der Waals surface area (Å²) in [6.45, 7) is 6.89. The van der Waals surface area contributed by atoms with Gasteiger partial charge in [-0.05, 0) is 32.1 Å². The van der Waals surface area contributed by atoms with Gasteiger partial charge in [0.2, 0.25) is 5.89 Å². The molecule has 5 heteroatoms. The SMILES string of the molecule is CC(C)C(N)c1nc(C(=O)N2CCCCC2C)co1. The molecule has 0 radical (unpaired) electrons. The quantitative estimate of drug-likeness (QED) is 0.910. The Balaban J connectivity index is 2.11. The van der Waals surface area contributed by atoms with Crippen molar-refractivity contribution in [1.29, 1.82) is 0 Å². The standard InChI is InChI=1S/C14H23N3O2/c1-9(2)12(15)13-16-11(8-19-13)14(18)17-7-5-4-6-10(17)3/h8-10,12H,4-7,15H2,1-3H3. The average molecular weight is 265 g/mol. The molecule has 2 atom stereocenters. The maximum absolute atomic E-state index is 12.4. The molecule has 2 N–H and O–H groups in total. The van der Waals surface area contributed by atoms with Gasteiger partial charge in [0.25, 0.3) is 5.91 Å². The zero-order valence-electron chi connectivity index (χ0n) is 11.9. The van der Waals surface area contributed by atoms with Crippen LogP contribution < -0.4 is 5.73 Å². The third kappa shape index (κ3) is 2.97. The summed E-state index contributed by atoms with van der Waals surface area (Å²) in [6.07, 6.45) is 4.74. The highest BCUT2D eigenvalue weighted by Crippen LogP contribution is 2.21. The van der Waals surface area contributed by atoms with Gasteiger partial charge < -0.3 is 15.1 Å². The van der Waals surface area contributed by atoms with E-state index in [0.717, 1.165) is 19.4 Å². The fraction of sp³-hybridized carbons (Fsp3) is 0.714. The number of hydrogen-bond donors (Lipinski definition) is 1. The van der Waals surface area contributed by atoms with Crippen LogP contribution in [0.15, 0.2) is 10.7 Å². The zero-order valence-corrected chi connectivity index (χ0v) is 11.9. The van der Waals surface area contributed by atoms with Crippen molar-refractivity contribution in [3.63, 3.8) is 0 Å². The molecule has 0 aliphatic carbocycles. The van der Waals surface area contributed by atoms with Crippen LogP contribution in [0.1, 0.15) is 62.5 Å². The van der Waals surface area contributed by atoms with Gasteiger partial charge in [-0.1, -0.05) is 13.8 Å². The first-order chi connectivity index (χ1) is 9.00. The van der Waals surface area contributed by atoms with Gasteiger partial charge in [-0.2, -0.15) is 0 Å². The lowest BCUT2D eigenvalue weighted by Crippen LogP contribution is -2.42. The van der Waals surface area contributed by atoms with Crippen molar-refractivity contribution in [2.45, 2.75) is 52.1 Å². The molecular formula is C14H23N3O2. The molecule has 106 valence electrons. The maximum Gasteiger partial charge on any atom is 0.276 e. The van der Waals surface area contributed by atoms with Gasteiger partial charge in [0.05, 0.1) is 6.04 Å². The minimum atomic E-state index is -0.264. The number of piperidine rings is 1. The zero-order chi connectivity index (χ0) is 14.0. The van der Waals surface area contributed by atoms with E-state index in [1.807, 2.05) is 18.7 Å². The van der Waals surface area contributed by atoms with Crippen molar-refractivity contribution >= 4 is 5.91 Å². The van der Waals surface area contributed by atoms with Crippen LogP contribution in [0.25, 0.3) is 0 Å². The van der Waals surface area contributed by atoms with E-state index in [2.05, 4.69) is 11.9 Å². The van der Waals surface area contributed by atoms with Crippen LogP contribution in [0.4, 0.5) is 0 Å². The largest absolute Gasteiger partial charge is 0.446 e. The lowest BCUT2D eigenvalue weighted by molar-refractivity contribution is 0.0629. The Morgan fingerprint density at radius 1 is 1.53 bits per heavy atom. The Morgan fingerprint density at radius 2 is 2.26 bits per heavy atom. The van der Waals surface area contributed by atoms with E-state index in [0.29, 0.717) is 11.6 Å². The molecule has 5 nitrogen and oxygen atoms in total. The van der Waals surface area contributed by atoms with Crippen molar-refractivity contribution in [3.05, 3.63) is 17.8 Å². The molecule has 2 heterocycles. The molecule has 0 spiro atoms. The van der Waals surface area contributed by atoms with E-state index in [9.17, 15) is 4.79 Å². The molecule has 2 rings (SSSR count). The molecule has 0 bridgehead atoms. The van der Waals surface area contributed by atoms with Crippen LogP contribution in [0.2, 0.25) is 0 Å². The topological polar surface area (TPSA) is 72.4 Å². The summed E-state index contributed by atoms with van der Waals surface area (Å²) in [6, 6.07) is 0.0144. The van der Waals surface area contributed by atoms with Crippen molar-refractivity contribution in [3.8, 4) is 0 Å². The molecule has 1 aliphatic rings. The Labute approximate surface area is 114 Å². The molecule has 2 unspecified atom stereocenters. The van der Waals surface area contributed by atoms with Crippen LogP contribution in [-0.4, -0.2) is 28.4 Å². The number of likely N-dealkylation sites (tertiary alicyclic amines) is 1. The molecule has 1 aromatic heterocycles. The summed E-state index contributed by atoms with van der Waals surface area (Å²) in [5.41, 5.74) is 6.35. The van der Waals surface area contributed by atoms with Crippen molar-refractivity contribution in [2.75, 3.05) is 6.54 Å². The third-order valence-corrected chi connectivity index (χ3v) is 3.81. The highest BCUT2D eigenvalue weighted by atomic mass is 16.3. The second-order valence-corrected chi connectivity index (χ2v) is 5.68. The molecule has 1 aliphatic heterocycles. The predicted molar refractivity (Wildman–Crippen MR) is 72.6 cm³/mol. The summed E-state index contributed by atoms with van der Waals surface area (Å²) < 4.78 is 5.35. The van der Waals surface area contributed by atoms with Gasteiger partial charge in [0, 0.05) is 12.6 Å². The normalized spacial score (nSPS) is 21.7. The van der Waals surface area contributed by atoms with E-state index >= 15 is 0 Å². The summed E-state index contributed by atoms with van der Waals surface area (Å²) in [7, 11) is 0. The van der Waals surface area contributed by atoms with Crippen molar-refractivity contribution in [2.24, 2.45) is 11.7 Å². The van der Waals surface area contributed by atoms with E-state index in [1.54, 1.807) is 0 Å². The minimum Gasteiger partial charge on any atom is -0.446 e. The number of nitrogens with zero attached hydrogens (tertiary/aromatic N) is 2. The van der Waals surface area contributed by atoms with Crippen LogP contribution in [0.3, 0.4) is 0 Å². The molecule has 0 saturated carbocycles. The van der Waals surface area contributed by atoms with Crippen LogP contribution in [0.5, 0.6) is 0 Å². The van der Waals surface area contributed by atoms with Gasteiger partial charge in [-0.25, -0.2) is 4.98 Å². The van der Waals surface area contributed by atoms with Crippen LogP contribution >= 0.6 is 0 Å². The van der Waals surface area contributed by atoms with Gasteiger partial charge in [-0.15, -0.1) is 0 Å². The van der Waals surface area contributed by atoms with Crippen LogP contribution in [-0.2, 0) is 0 Å². The fourth-order valence-electron chi connectivity index (χ4n) is 2.37. The van der Waals surface area contributed by atoms with Gasteiger partial charge in [-0.3, -0.25) is 4.79 Å². The van der Waals surface area contributed by atoms with Gasteiger partial charge in [0.1, 0.15) is 6.26 Å². The predicted octanol–water partition coefficient (Wildman–Crippen LogP) is 2.34. The average Bonchev–Trinajstić information content (AvgIpc) is 2.87. The van der Waals surface area contributed by atoms with Gasteiger partial charge in [0.15, 0.2) is 5.69 Å². The second-order valence-electron chi connectivity index (χ2n) is 5.68. The molecule has 1 amide bonds. The monoisotopic (exact) mass is 265 g/mol. The number of amides is 1. The Kier molecular flexibility index (Phi) is 4.24. The molecular weight excluding hydrogens is 242 g/mol. The lowest BCUT2D eigenvalue weighted by atomic mass is 10.0. The number of aromatic nitrogens is 1. The third-order valence-electron chi connectivity index (χ3n) is 3.81. The number of rotatable bonds is 3. The molecule has 1 saturated heterocycles. The van der Waals surface area contributed by atoms with E-state index in [-0.39, 0.29) is 23.9 Å². The lowest BCUT2D eigenvalue weighted by Gasteiger charge is -2.32. The first-order valence-electron chi connectivity index (χ1n) is 7.02. The highest BCUT2D eigenvalue weighted by Gasteiger charge is 2.27. The summed E-state index contributed by atoms with van der Waals surface area (Å²) in [5, 5.41) is 0. The van der Waals surface area contributed by atoms with Crippen molar-refractivity contribution in [1.82, 2.24) is 9.88 Å². The van der Waals surface area contributed by atoms with E-state index in [1.165, 1.54) is 12.7 Å². The number of hydrogen-bond acceptors (Lipinski definition) is 4. The molecule has 0 aromatic carbocycles. The van der Waals surface area contributed by atoms with E-state index < -0.39 is 0 Å². The van der Waals surface area contributed by atoms with Crippen molar-refractivity contribution < 1.29 is 9.21 Å². The Hall–Kier alpha value is -1.36.